The molecule has 0 fully saturated rings. The molecule has 1 amide bonds. The number of nitrogens with one attached hydrogen (secondary N) is 1. The predicted octanol–water partition coefficient (Wildman–Crippen LogP) is 2.01. The van der Waals surface area contributed by atoms with E-state index in [1.165, 1.54) is 0 Å². The lowest BCUT2D eigenvalue weighted by molar-refractivity contribution is -0.152. The Morgan fingerprint density at radius 3 is 2.93 bits per heavy atom. The van der Waals surface area contributed by atoms with Gasteiger partial charge in [-0.3, -0.25) is 9.20 Å². The fraction of sp³-hybridized carbons (Fsp3) is 0.421. The molecule has 144 valence electrons. The first-order valence-electron chi connectivity index (χ1n) is 8.96. The van der Waals surface area contributed by atoms with Gasteiger partial charge in [0.15, 0.2) is 17.5 Å². The number of fused-ring (bicyclic) bond motifs is 1. The molecule has 1 unspecified atom stereocenters. The topological polar surface area (TPSA) is 91.2 Å². The molecule has 8 heteroatoms. The number of carbonyl (C=O) groups excluding carboxylic acids is 2. The smallest absolute Gasteiger partial charge is 0.347 e. The van der Waals surface area contributed by atoms with Crippen molar-refractivity contribution in [3.05, 3.63) is 41.6 Å². The van der Waals surface area contributed by atoms with Crippen molar-refractivity contribution < 1.29 is 23.8 Å². The SMILES string of the molecule is CCOC(=O)C1CC=C(CNC(=O)c2c(C)nc3c(OCC)cccn23)O1. The van der Waals surface area contributed by atoms with E-state index < -0.39 is 12.1 Å². The van der Waals surface area contributed by atoms with E-state index in [2.05, 4.69) is 10.3 Å². The maximum Gasteiger partial charge on any atom is 0.347 e. The summed E-state index contributed by atoms with van der Waals surface area (Å²) in [6, 6.07) is 3.63. The van der Waals surface area contributed by atoms with E-state index in [-0.39, 0.29) is 12.5 Å². The molecule has 0 saturated heterocycles. The molecule has 0 aromatic carbocycles. The third-order valence-electron chi connectivity index (χ3n) is 4.13. The molecule has 3 rings (SSSR count). The van der Waals surface area contributed by atoms with E-state index in [4.69, 9.17) is 14.2 Å². The molecule has 1 atom stereocenters. The minimum absolute atomic E-state index is 0.187. The Kier molecular flexibility index (Phi) is 5.63. The second-order valence-electron chi connectivity index (χ2n) is 5.99. The first-order valence-corrected chi connectivity index (χ1v) is 8.96. The Balaban J connectivity index is 1.68. The monoisotopic (exact) mass is 373 g/mol. The summed E-state index contributed by atoms with van der Waals surface area (Å²) in [7, 11) is 0. The Morgan fingerprint density at radius 1 is 1.37 bits per heavy atom. The molecule has 1 N–H and O–H groups in total. The van der Waals surface area contributed by atoms with Crippen molar-refractivity contribution >= 4 is 17.5 Å². The molecule has 0 saturated carbocycles. The highest BCUT2D eigenvalue weighted by molar-refractivity contribution is 5.95. The maximum absolute atomic E-state index is 12.7. The van der Waals surface area contributed by atoms with Crippen LogP contribution in [0.3, 0.4) is 0 Å². The van der Waals surface area contributed by atoms with E-state index in [1.807, 2.05) is 19.1 Å². The Hall–Kier alpha value is -3.03. The fourth-order valence-corrected chi connectivity index (χ4v) is 2.96. The third kappa shape index (κ3) is 3.89. The van der Waals surface area contributed by atoms with Crippen LogP contribution in [0.25, 0.3) is 5.65 Å². The number of aromatic nitrogens is 2. The van der Waals surface area contributed by atoms with Crippen LogP contribution in [0.2, 0.25) is 0 Å². The molecular formula is C19H23N3O5. The molecule has 27 heavy (non-hydrogen) atoms. The summed E-state index contributed by atoms with van der Waals surface area (Å²) >= 11 is 0. The lowest BCUT2D eigenvalue weighted by Crippen LogP contribution is -2.29. The zero-order valence-corrected chi connectivity index (χ0v) is 15.7. The standard InChI is InChI=1S/C19H23N3O5/c1-4-25-14-7-6-10-22-16(12(3)21-17(14)22)18(23)20-11-13-8-9-15(27-13)19(24)26-5-2/h6-8,10,15H,4-5,9,11H2,1-3H3,(H,20,23). The number of aryl methyl sites for hydroxylation is 1. The zero-order valence-electron chi connectivity index (χ0n) is 15.7. The second-order valence-corrected chi connectivity index (χ2v) is 5.99. The van der Waals surface area contributed by atoms with Crippen molar-refractivity contribution in [3.63, 3.8) is 0 Å². The second kappa shape index (κ2) is 8.11. The first-order chi connectivity index (χ1) is 13.0. The molecule has 2 aromatic heterocycles. The molecule has 0 bridgehead atoms. The molecule has 2 aromatic rings. The first kappa shape index (κ1) is 18.8. The molecule has 0 spiro atoms. The van der Waals surface area contributed by atoms with Gasteiger partial charge in [0, 0.05) is 12.6 Å². The molecule has 1 aliphatic rings. The molecule has 8 nitrogen and oxygen atoms in total. The van der Waals surface area contributed by atoms with Gasteiger partial charge in [-0.1, -0.05) is 0 Å². The normalized spacial score (nSPS) is 16.0. The fourth-order valence-electron chi connectivity index (χ4n) is 2.96. The van der Waals surface area contributed by atoms with E-state index >= 15 is 0 Å². The number of esters is 1. The van der Waals surface area contributed by atoms with Crippen LogP contribution < -0.4 is 10.1 Å². The summed E-state index contributed by atoms with van der Waals surface area (Å²) < 4.78 is 17.8. The van der Waals surface area contributed by atoms with Gasteiger partial charge in [0.1, 0.15) is 11.5 Å². The molecule has 0 radical (unpaired) electrons. The summed E-state index contributed by atoms with van der Waals surface area (Å²) in [4.78, 5) is 28.9. The van der Waals surface area contributed by atoms with Crippen LogP contribution in [0.4, 0.5) is 0 Å². The summed E-state index contributed by atoms with van der Waals surface area (Å²) in [5, 5.41) is 2.82. The maximum atomic E-state index is 12.7. The van der Waals surface area contributed by atoms with Gasteiger partial charge in [0.25, 0.3) is 5.91 Å². The van der Waals surface area contributed by atoms with Crippen LogP contribution in [0.1, 0.15) is 36.5 Å². The number of hydrogen-bond donors (Lipinski definition) is 1. The largest absolute Gasteiger partial charge is 0.490 e. The van der Waals surface area contributed by atoms with Gasteiger partial charge in [-0.25, -0.2) is 9.78 Å². The minimum Gasteiger partial charge on any atom is -0.490 e. The van der Waals surface area contributed by atoms with E-state index in [1.54, 1.807) is 30.5 Å². The van der Waals surface area contributed by atoms with Gasteiger partial charge in [-0.15, -0.1) is 0 Å². The van der Waals surface area contributed by atoms with Gasteiger partial charge >= 0.3 is 5.97 Å². The van der Waals surface area contributed by atoms with E-state index in [0.29, 0.717) is 48.2 Å². The number of amides is 1. The third-order valence-corrected chi connectivity index (χ3v) is 4.13. The number of ether oxygens (including phenoxy) is 3. The van der Waals surface area contributed by atoms with Gasteiger partial charge in [-0.2, -0.15) is 0 Å². The highest BCUT2D eigenvalue weighted by Gasteiger charge is 2.27. The van der Waals surface area contributed by atoms with Gasteiger partial charge < -0.3 is 19.5 Å². The van der Waals surface area contributed by atoms with Crippen LogP contribution in [-0.4, -0.2) is 47.1 Å². The average Bonchev–Trinajstić information content (AvgIpc) is 3.25. The van der Waals surface area contributed by atoms with Crippen molar-refractivity contribution in [1.82, 2.24) is 14.7 Å². The molecular weight excluding hydrogens is 350 g/mol. The number of rotatable bonds is 7. The van der Waals surface area contributed by atoms with Crippen molar-refractivity contribution in [1.29, 1.82) is 0 Å². The lowest BCUT2D eigenvalue weighted by Gasteiger charge is -2.12. The van der Waals surface area contributed by atoms with Crippen molar-refractivity contribution in [3.8, 4) is 5.75 Å². The highest BCUT2D eigenvalue weighted by atomic mass is 16.6. The van der Waals surface area contributed by atoms with E-state index in [9.17, 15) is 9.59 Å². The number of carbonyl (C=O) groups is 2. The van der Waals surface area contributed by atoms with Crippen LogP contribution >= 0.6 is 0 Å². The summed E-state index contributed by atoms with van der Waals surface area (Å²) in [5.41, 5.74) is 1.64. The van der Waals surface area contributed by atoms with Crippen molar-refractivity contribution in [2.75, 3.05) is 19.8 Å². The van der Waals surface area contributed by atoms with Crippen LogP contribution in [0, 0.1) is 6.92 Å². The number of nitrogens with zero attached hydrogens (tertiary/aromatic N) is 2. The highest BCUT2D eigenvalue weighted by Crippen LogP contribution is 2.22. The molecule has 0 aliphatic carbocycles. The summed E-state index contributed by atoms with van der Waals surface area (Å²) in [6.07, 6.45) is 3.37. The predicted molar refractivity (Wildman–Crippen MR) is 97.6 cm³/mol. The minimum atomic E-state index is -0.636. The molecule has 1 aliphatic heterocycles. The van der Waals surface area contributed by atoms with Crippen LogP contribution in [-0.2, 0) is 14.3 Å². The zero-order chi connectivity index (χ0) is 19.4. The van der Waals surface area contributed by atoms with Crippen molar-refractivity contribution in [2.45, 2.75) is 33.3 Å². The lowest BCUT2D eigenvalue weighted by atomic mass is 10.2. The van der Waals surface area contributed by atoms with E-state index in [0.717, 1.165) is 0 Å². The number of hydrogen-bond acceptors (Lipinski definition) is 6. The Morgan fingerprint density at radius 2 is 2.19 bits per heavy atom. The number of imidazole rings is 1. The van der Waals surface area contributed by atoms with Crippen molar-refractivity contribution in [2.24, 2.45) is 0 Å². The van der Waals surface area contributed by atoms with Gasteiger partial charge in [0.05, 0.1) is 25.5 Å². The summed E-state index contributed by atoms with van der Waals surface area (Å²) in [5.74, 6) is 0.498. The van der Waals surface area contributed by atoms with Gasteiger partial charge in [0.2, 0.25) is 0 Å². The number of pyridine rings is 1. The Labute approximate surface area is 157 Å². The van der Waals surface area contributed by atoms with Crippen LogP contribution in [0.15, 0.2) is 30.2 Å². The molecule has 3 heterocycles. The van der Waals surface area contributed by atoms with Crippen LogP contribution in [0.5, 0.6) is 5.75 Å². The average molecular weight is 373 g/mol. The quantitative estimate of drug-likeness (QED) is 0.747. The summed E-state index contributed by atoms with van der Waals surface area (Å²) in [6.45, 7) is 6.43. The van der Waals surface area contributed by atoms with Gasteiger partial charge in [-0.05, 0) is 39.0 Å². The Bertz CT molecular complexity index is 887.